The fraction of sp³-hybridized carbons (Fsp3) is 0.733. The summed E-state index contributed by atoms with van der Waals surface area (Å²) in [4.78, 5) is 10.9. The molecule has 1 heterocycles. The highest BCUT2D eigenvalue weighted by molar-refractivity contribution is 5.73. The Kier molecular flexibility index (Phi) is 4.68. The van der Waals surface area contributed by atoms with Crippen LogP contribution in [0.4, 0.5) is 5.69 Å². The number of primary amides is 1. The minimum atomic E-state index is -0.369. The Morgan fingerprint density at radius 3 is 2.95 bits per heavy atom. The molecule has 1 aliphatic rings. The number of nitrogens with zero attached hydrogens (tertiary/aromatic N) is 2. The summed E-state index contributed by atoms with van der Waals surface area (Å²) in [5, 5.41) is 7.76. The molecular formula is C15H26N4O. The maximum atomic E-state index is 10.9. The van der Waals surface area contributed by atoms with Gasteiger partial charge in [-0.2, -0.15) is 5.10 Å². The van der Waals surface area contributed by atoms with Crippen LogP contribution < -0.4 is 11.1 Å². The van der Waals surface area contributed by atoms with Crippen molar-refractivity contribution in [2.45, 2.75) is 52.6 Å². The lowest BCUT2D eigenvalue weighted by molar-refractivity contribution is -0.118. The third-order valence-corrected chi connectivity index (χ3v) is 4.33. The SMILES string of the molecule is CC1CCC(C(C)C)C(Nc2cnn(CC(N)=O)c2)C1. The molecule has 2 rings (SSSR count). The van der Waals surface area contributed by atoms with Gasteiger partial charge in [0.25, 0.3) is 0 Å². The van der Waals surface area contributed by atoms with E-state index in [2.05, 4.69) is 31.2 Å². The van der Waals surface area contributed by atoms with Crippen molar-refractivity contribution in [2.75, 3.05) is 5.32 Å². The number of rotatable bonds is 5. The molecule has 3 unspecified atom stereocenters. The van der Waals surface area contributed by atoms with Gasteiger partial charge in [0.1, 0.15) is 6.54 Å². The molecule has 0 saturated heterocycles. The Bertz CT molecular complexity index is 454. The number of hydrogen-bond acceptors (Lipinski definition) is 3. The predicted octanol–water partition coefficient (Wildman–Crippen LogP) is 2.24. The number of hydrogen-bond donors (Lipinski definition) is 2. The first kappa shape index (κ1) is 14.9. The van der Waals surface area contributed by atoms with Gasteiger partial charge in [-0.25, -0.2) is 0 Å². The van der Waals surface area contributed by atoms with Gasteiger partial charge in [-0.05, 0) is 30.6 Å². The Hall–Kier alpha value is -1.52. The molecule has 0 aromatic carbocycles. The standard InChI is InChI=1S/C15H26N4O/c1-10(2)13-5-4-11(3)6-14(13)18-12-7-17-19(8-12)9-15(16)20/h7-8,10-11,13-14,18H,4-6,9H2,1-3H3,(H2,16,20). The summed E-state index contributed by atoms with van der Waals surface area (Å²) in [7, 11) is 0. The molecule has 0 radical (unpaired) electrons. The van der Waals surface area contributed by atoms with E-state index in [9.17, 15) is 4.79 Å². The van der Waals surface area contributed by atoms with Crippen LogP contribution >= 0.6 is 0 Å². The van der Waals surface area contributed by atoms with Crippen molar-refractivity contribution in [3.05, 3.63) is 12.4 Å². The number of anilines is 1. The van der Waals surface area contributed by atoms with Crippen LogP contribution in [-0.2, 0) is 11.3 Å². The quantitative estimate of drug-likeness (QED) is 0.867. The first-order chi connectivity index (χ1) is 9.45. The van der Waals surface area contributed by atoms with Crippen LogP contribution in [0.2, 0.25) is 0 Å². The van der Waals surface area contributed by atoms with Crippen LogP contribution in [0.3, 0.4) is 0 Å². The van der Waals surface area contributed by atoms with Gasteiger partial charge in [0, 0.05) is 12.2 Å². The zero-order chi connectivity index (χ0) is 14.7. The summed E-state index contributed by atoms with van der Waals surface area (Å²) >= 11 is 0. The largest absolute Gasteiger partial charge is 0.379 e. The van der Waals surface area contributed by atoms with E-state index in [4.69, 9.17) is 5.73 Å². The molecule has 1 aromatic heterocycles. The fourth-order valence-corrected chi connectivity index (χ4v) is 3.27. The molecule has 5 heteroatoms. The number of nitrogens with two attached hydrogens (primary N) is 1. The smallest absolute Gasteiger partial charge is 0.239 e. The Balaban J connectivity index is 2.02. The van der Waals surface area contributed by atoms with Gasteiger partial charge in [0.05, 0.1) is 11.9 Å². The minimum Gasteiger partial charge on any atom is -0.379 e. The highest BCUT2D eigenvalue weighted by Gasteiger charge is 2.30. The van der Waals surface area contributed by atoms with E-state index in [0.29, 0.717) is 17.9 Å². The van der Waals surface area contributed by atoms with Gasteiger partial charge in [0.2, 0.25) is 5.91 Å². The highest BCUT2D eigenvalue weighted by Crippen LogP contribution is 2.35. The summed E-state index contributed by atoms with van der Waals surface area (Å²) in [6.45, 7) is 7.05. The Labute approximate surface area is 120 Å². The van der Waals surface area contributed by atoms with E-state index in [1.165, 1.54) is 19.3 Å². The second-order valence-electron chi connectivity index (χ2n) is 6.47. The number of carbonyl (C=O) groups is 1. The Morgan fingerprint density at radius 2 is 2.30 bits per heavy atom. The second-order valence-corrected chi connectivity index (χ2v) is 6.47. The molecule has 0 aliphatic heterocycles. The third kappa shape index (κ3) is 3.74. The van der Waals surface area contributed by atoms with Crippen LogP contribution in [0.1, 0.15) is 40.0 Å². The van der Waals surface area contributed by atoms with E-state index in [1.807, 2.05) is 6.20 Å². The molecule has 3 N–H and O–H groups in total. The maximum Gasteiger partial charge on any atom is 0.239 e. The molecule has 0 spiro atoms. The number of carbonyl (C=O) groups excluding carboxylic acids is 1. The third-order valence-electron chi connectivity index (χ3n) is 4.33. The lowest BCUT2D eigenvalue weighted by atomic mass is 9.74. The van der Waals surface area contributed by atoms with Gasteiger partial charge in [-0.15, -0.1) is 0 Å². The van der Waals surface area contributed by atoms with Crippen molar-refractivity contribution in [3.8, 4) is 0 Å². The van der Waals surface area contributed by atoms with Crippen molar-refractivity contribution >= 4 is 11.6 Å². The average Bonchev–Trinajstić information content (AvgIpc) is 2.75. The van der Waals surface area contributed by atoms with Crippen LogP contribution in [0.5, 0.6) is 0 Å². The topological polar surface area (TPSA) is 72.9 Å². The maximum absolute atomic E-state index is 10.9. The number of amides is 1. The monoisotopic (exact) mass is 278 g/mol. The van der Waals surface area contributed by atoms with Crippen molar-refractivity contribution in [1.29, 1.82) is 0 Å². The zero-order valence-electron chi connectivity index (χ0n) is 12.7. The number of nitrogens with one attached hydrogen (secondary N) is 1. The van der Waals surface area contributed by atoms with Gasteiger partial charge in [-0.1, -0.05) is 27.2 Å². The van der Waals surface area contributed by atoms with Gasteiger partial charge in [-0.3, -0.25) is 9.48 Å². The lowest BCUT2D eigenvalue weighted by Crippen LogP contribution is -2.37. The zero-order valence-corrected chi connectivity index (χ0v) is 12.7. The molecule has 1 saturated carbocycles. The van der Waals surface area contributed by atoms with Crippen LogP contribution in [0.15, 0.2) is 12.4 Å². The average molecular weight is 278 g/mol. The minimum absolute atomic E-state index is 0.135. The predicted molar refractivity (Wildman–Crippen MR) is 80.2 cm³/mol. The Morgan fingerprint density at radius 1 is 1.55 bits per heavy atom. The van der Waals surface area contributed by atoms with Crippen molar-refractivity contribution in [1.82, 2.24) is 9.78 Å². The first-order valence-electron chi connectivity index (χ1n) is 7.53. The first-order valence-corrected chi connectivity index (χ1v) is 7.53. The molecule has 1 aromatic rings. The molecule has 1 fully saturated rings. The van der Waals surface area contributed by atoms with E-state index in [0.717, 1.165) is 11.6 Å². The van der Waals surface area contributed by atoms with Gasteiger partial charge < -0.3 is 11.1 Å². The van der Waals surface area contributed by atoms with Gasteiger partial charge in [0.15, 0.2) is 0 Å². The molecule has 5 nitrogen and oxygen atoms in total. The van der Waals surface area contributed by atoms with Crippen molar-refractivity contribution < 1.29 is 4.79 Å². The normalized spacial score (nSPS) is 26.7. The van der Waals surface area contributed by atoms with E-state index in [-0.39, 0.29) is 12.5 Å². The van der Waals surface area contributed by atoms with Crippen LogP contribution in [-0.4, -0.2) is 21.7 Å². The summed E-state index contributed by atoms with van der Waals surface area (Å²) in [5.41, 5.74) is 6.16. The lowest BCUT2D eigenvalue weighted by Gasteiger charge is -2.38. The molecule has 0 bridgehead atoms. The van der Waals surface area contributed by atoms with Crippen LogP contribution in [0, 0.1) is 17.8 Å². The summed E-state index contributed by atoms with van der Waals surface area (Å²) < 4.78 is 1.58. The molecule has 3 atom stereocenters. The molecule has 20 heavy (non-hydrogen) atoms. The highest BCUT2D eigenvalue weighted by atomic mass is 16.1. The second kappa shape index (κ2) is 6.29. The summed E-state index contributed by atoms with van der Waals surface area (Å²) in [6.07, 6.45) is 7.44. The fourth-order valence-electron chi connectivity index (χ4n) is 3.27. The van der Waals surface area contributed by atoms with E-state index in [1.54, 1.807) is 10.9 Å². The molecular weight excluding hydrogens is 252 g/mol. The van der Waals surface area contributed by atoms with Crippen LogP contribution in [0.25, 0.3) is 0 Å². The van der Waals surface area contributed by atoms with E-state index < -0.39 is 0 Å². The van der Waals surface area contributed by atoms with E-state index >= 15 is 0 Å². The van der Waals surface area contributed by atoms with Crippen molar-refractivity contribution in [3.63, 3.8) is 0 Å². The van der Waals surface area contributed by atoms with Crippen molar-refractivity contribution in [2.24, 2.45) is 23.5 Å². The summed E-state index contributed by atoms with van der Waals surface area (Å²) in [6, 6.07) is 0.491. The molecule has 1 amide bonds. The van der Waals surface area contributed by atoms with Gasteiger partial charge >= 0.3 is 0 Å². The summed E-state index contributed by atoms with van der Waals surface area (Å²) in [5.74, 6) is 1.78. The molecule has 1 aliphatic carbocycles. The molecule has 112 valence electrons. The number of aromatic nitrogens is 2.